The third-order valence-corrected chi connectivity index (χ3v) is 3.04. The van der Waals surface area contributed by atoms with E-state index in [0.717, 1.165) is 12.8 Å². The first-order chi connectivity index (χ1) is 7.95. The van der Waals surface area contributed by atoms with Crippen molar-refractivity contribution < 1.29 is 17.1 Å². The Morgan fingerprint density at radius 3 is 2.47 bits per heavy atom. The summed E-state index contributed by atoms with van der Waals surface area (Å²) in [7, 11) is 0. The van der Waals surface area contributed by atoms with Crippen LogP contribution in [0.15, 0.2) is 65.8 Å². The van der Waals surface area contributed by atoms with Crippen LogP contribution in [0.2, 0.25) is 0 Å². The van der Waals surface area contributed by atoms with Gasteiger partial charge in [0, 0.05) is 17.1 Å². The molecule has 1 aromatic carbocycles. The fourth-order valence-electron chi connectivity index (χ4n) is 2.26. The molecule has 1 heteroatoms. The van der Waals surface area contributed by atoms with Gasteiger partial charge in [-0.05, 0) is 5.56 Å². The summed E-state index contributed by atoms with van der Waals surface area (Å²) >= 11 is 0. The summed E-state index contributed by atoms with van der Waals surface area (Å²) in [4.78, 5) is 0. The largest absolute Gasteiger partial charge is 0.198 e. The molecule has 17 heavy (non-hydrogen) atoms. The zero-order chi connectivity index (χ0) is 10.8. The van der Waals surface area contributed by atoms with Gasteiger partial charge in [0.15, 0.2) is 0 Å². The Morgan fingerprint density at radius 1 is 0.941 bits per heavy atom. The molecule has 0 N–H and O–H groups in total. The topological polar surface area (TPSA) is 0 Å². The Kier molecular flexibility index (Phi) is 3.83. The molecule has 2 aliphatic rings. The Bertz CT molecular complexity index is 516. The standard InChI is InChI=1S/C16H13.Fe/c1-2-7-13(8-3-1)15-11-6-12-16(15)14-9-4-5-10-14;/h1-4,6-9,11H,5,12H2;/q-1;. The predicted octanol–water partition coefficient (Wildman–Crippen LogP) is 4.09. The van der Waals surface area contributed by atoms with Gasteiger partial charge in [-0.3, -0.25) is 0 Å². The number of rotatable bonds is 2. The van der Waals surface area contributed by atoms with Gasteiger partial charge in [-0.25, -0.2) is 0 Å². The van der Waals surface area contributed by atoms with Crippen LogP contribution in [0, 0.1) is 6.08 Å². The Hall–Kier alpha value is -1.30. The van der Waals surface area contributed by atoms with Crippen LogP contribution in [0.25, 0.3) is 5.57 Å². The normalized spacial score (nSPS) is 17.3. The fourth-order valence-corrected chi connectivity index (χ4v) is 2.26. The van der Waals surface area contributed by atoms with E-state index in [9.17, 15) is 0 Å². The summed E-state index contributed by atoms with van der Waals surface area (Å²) in [5.74, 6) is 0. The summed E-state index contributed by atoms with van der Waals surface area (Å²) in [6, 6.07) is 10.6. The van der Waals surface area contributed by atoms with E-state index < -0.39 is 0 Å². The summed E-state index contributed by atoms with van der Waals surface area (Å²) < 4.78 is 0. The SMILES string of the molecule is [C-]1=C(C2=C(c3ccccc3)C=CC2)C=CC1.[Fe]. The average molecular weight is 261 g/mol. The van der Waals surface area contributed by atoms with Crippen LogP contribution >= 0.6 is 0 Å². The molecular formula is C16H13Fe-. The van der Waals surface area contributed by atoms with Gasteiger partial charge in [0.2, 0.25) is 0 Å². The smallest absolute Gasteiger partial charge is 0 e. The zero-order valence-corrected chi connectivity index (χ0v) is 10.6. The first-order valence-electron chi connectivity index (χ1n) is 5.68. The molecule has 0 nitrogen and oxygen atoms in total. The van der Waals surface area contributed by atoms with Gasteiger partial charge in [-0.15, -0.1) is 11.6 Å². The second-order valence-electron chi connectivity index (χ2n) is 4.06. The van der Waals surface area contributed by atoms with E-state index in [0.29, 0.717) is 0 Å². The third-order valence-electron chi connectivity index (χ3n) is 3.04. The van der Waals surface area contributed by atoms with Crippen molar-refractivity contribution in [2.75, 3.05) is 0 Å². The van der Waals surface area contributed by atoms with Gasteiger partial charge < -0.3 is 0 Å². The van der Waals surface area contributed by atoms with Crippen LogP contribution in [-0.2, 0) is 17.1 Å². The Balaban J connectivity index is 0.00000108. The fraction of sp³-hybridized carbons (Fsp3) is 0.125. The molecule has 0 aromatic heterocycles. The molecule has 3 rings (SSSR count). The second-order valence-corrected chi connectivity index (χ2v) is 4.06. The van der Waals surface area contributed by atoms with E-state index in [1.54, 1.807) is 0 Å². The molecule has 0 saturated carbocycles. The molecule has 1 aromatic rings. The Morgan fingerprint density at radius 2 is 1.76 bits per heavy atom. The second kappa shape index (κ2) is 5.35. The van der Waals surface area contributed by atoms with Gasteiger partial charge in [-0.2, -0.15) is 17.7 Å². The van der Waals surface area contributed by atoms with Crippen LogP contribution in [0.4, 0.5) is 0 Å². The number of allylic oxidation sites excluding steroid dienone is 8. The quantitative estimate of drug-likeness (QED) is 0.555. The van der Waals surface area contributed by atoms with E-state index in [4.69, 9.17) is 0 Å². The minimum absolute atomic E-state index is 0. The molecule has 0 heterocycles. The third kappa shape index (κ3) is 2.36. The summed E-state index contributed by atoms with van der Waals surface area (Å²) in [6.07, 6.45) is 14.2. The van der Waals surface area contributed by atoms with Crippen molar-refractivity contribution in [2.24, 2.45) is 0 Å². The molecule has 0 bridgehead atoms. The molecule has 0 aliphatic heterocycles. The molecule has 0 unspecified atom stereocenters. The summed E-state index contributed by atoms with van der Waals surface area (Å²) in [5.41, 5.74) is 5.36. The minimum atomic E-state index is 0. The number of benzene rings is 1. The van der Waals surface area contributed by atoms with E-state index in [1.807, 2.05) is 0 Å². The van der Waals surface area contributed by atoms with Gasteiger partial charge in [0.25, 0.3) is 0 Å². The van der Waals surface area contributed by atoms with Crippen molar-refractivity contribution in [2.45, 2.75) is 12.8 Å². The number of hydrogen-bond donors (Lipinski definition) is 0. The zero-order valence-electron chi connectivity index (χ0n) is 9.46. The monoisotopic (exact) mass is 261 g/mol. The first-order valence-corrected chi connectivity index (χ1v) is 5.68. The van der Waals surface area contributed by atoms with Crippen molar-refractivity contribution >= 4 is 5.57 Å². The van der Waals surface area contributed by atoms with Crippen molar-refractivity contribution in [3.63, 3.8) is 0 Å². The Labute approximate surface area is 113 Å². The maximum atomic E-state index is 3.41. The van der Waals surface area contributed by atoms with Crippen LogP contribution in [0.3, 0.4) is 0 Å². The minimum Gasteiger partial charge on any atom is -0.198 e. The maximum absolute atomic E-state index is 3.41. The maximum Gasteiger partial charge on any atom is 0 e. The number of hydrogen-bond acceptors (Lipinski definition) is 0. The van der Waals surface area contributed by atoms with Crippen LogP contribution < -0.4 is 0 Å². The molecule has 0 atom stereocenters. The molecular weight excluding hydrogens is 248 g/mol. The average Bonchev–Trinajstić information content (AvgIpc) is 3.01. The molecule has 0 fully saturated rings. The van der Waals surface area contributed by atoms with Gasteiger partial charge >= 0.3 is 0 Å². The molecule has 86 valence electrons. The van der Waals surface area contributed by atoms with Crippen LogP contribution in [0.1, 0.15) is 18.4 Å². The van der Waals surface area contributed by atoms with E-state index >= 15 is 0 Å². The molecule has 2 aliphatic carbocycles. The van der Waals surface area contributed by atoms with E-state index in [2.05, 4.69) is 60.7 Å². The van der Waals surface area contributed by atoms with Gasteiger partial charge in [0.1, 0.15) is 0 Å². The van der Waals surface area contributed by atoms with Crippen molar-refractivity contribution in [1.82, 2.24) is 0 Å². The molecule has 0 spiro atoms. The van der Waals surface area contributed by atoms with Gasteiger partial charge in [-0.1, -0.05) is 60.9 Å². The van der Waals surface area contributed by atoms with Gasteiger partial charge in [0.05, 0.1) is 0 Å². The van der Waals surface area contributed by atoms with Crippen molar-refractivity contribution in [1.29, 1.82) is 0 Å². The van der Waals surface area contributed by atoms with E-state index in [-0.39, 0.29) is 17.1 Å². The first kappa shape index (κ1) is 12.2. The van der Waals surface area contributed by atoms with Crippen molar-refractivity contribution in [3.05, 3.63) is 77.4 Å². The van der Waals surface area contributed by atoms with Crippen molar-refractivity contribution in [3.8, 4) is 0 Å². The predicted molar refractivity (Wildman–Crippen MR) is 67.6 cm³/mol. The van der Waals surface area contributed by atoms with E-state index in [1.165, 1.54) is 22.3 Å². The molecule has 0 radical (unpaired) electrons. The van der Waals surface area contributed by atoms with Crippen LogP contribution in [-0.4, -0.2) is 0 Å². The summed E-state index contributed by atoms with van der Waals surface area (Å²) in [5, 5.41) is 0. The van der Waals surface area contributed by atoms with Crippen LogP contribution in [0.5, 0.6) is 0 Å². The molecule has 0 amide bonds. The summed E-state index contributed by atoms with van der Waals surface area (Å²) in [6.45, 7) is 0. The molecule has 0 saturated heterocycles.